The van der Waals surface area contributed by atoms with Gasteiger partial charge in [-0.3, -0.25) is 19.3 Å². The van der Waals surface area contributed by atoms with Crippen LogP contribution in [0.4, 0.5) is 10.1 Å². The molecule has 0 radical (unpaired) electrons. The Morgan fingerprint density at radius 1 is 1.15 bits per heavy atom. The number of carbonyl (C=O) groups is 3. The third-order valence-electron chi connectivity index (χ3n) is 8.44. The first-order chi connectivity index (χ1) is 19.3. The van der Waals surface area contributed by atoms with Gasteiger partial charge in [-0.1, -0.05) is 18.2 Å². The maximum atomic E-state index is 13.9. The van der Waals surface area contributed by atoms with Crippen molar-refractivity contribution in [3.63, 3.8) is 0 Å². The van der Waals surface area contributed by atoms with E-state index in [4.69, 9.17) is 5.73 Å². The minimum Gasteiger partial charge on any atom is -0.508 e. The smallest absolute Gasteiger partial charge is 0.255 e. The van der Waals surface area contributed by atoms with E-state index < -0.39 is 64.7 Å². The van der Waals surface area contributed by atoms with Crippen LogP contribution in [0.1, 0.15) is 24.5 Å². The van der Waals surface area contributed by atoms with E-state index in [2.05, 4.69) is 5.32 Å². The normalized spacial score (nSPS) is 26.4. The number of aliphatic hydroxyl groups is 3. The zero-order valence-electron chi connectivity index (χ0n) is 22.8. The Kier molecular flexibility index (Phi) is 6.91. The molecule has 5 atom stereocenters. The van der Waals surface area contributed by atoms with Crippen molar-refractivity contribution in [3.8, 4) is 16.9 Å². The Balaban J connectivity index is 1.65. The highest BCUT2D eigenvalue weighted by molar-refractivity contribution is 6.24. The van der Waals surface area contributed by atoms with Gasteiger partial charge in [0.25, 0.3) is 5.91 Å². The van der Waals surface area contributed by atoms with Gasteiger partial charge in [-0.2, -0.15) is 0 Å². The van der Waals surface area contributed by atoms with Crippen LogP contribution in [0, 0.1) is 11.8 Å². The molecule has 5 rings (SSSR count). The number of hydrogen-bond acceptors (Lipinski definition) is 9. The predicted molar refractivity (Wildman–Crippen MR) is 149 cm³/mol. The fourth-order valence-corrected chi connectivity index (χ4v) is 6.58. The first kappa shape index (κ1) is 28.3. The summed E-state index contributed by atoms with van der Waals surface area (Å²) < 4.78 is 12.9. The molecule has 7 N–H and O–H groups in total. The average molecular weight is 566 g/mol. The Hall–Kier alpha value is -4.22. The number of nitrogens with one attached hydrogen (secondary N) is 1. The number of aliphatic hydroxyl groups excluding tert-OH is 2. The summed E-state index contributed by atoms with van der Waals surface area (Å²) in [4.78, 5) is 40.8. The van der Waals surface area contributed by atoms with Gasteiger partial charge in [-0.05, 0) is 74.7 Å². The number of aromatic hydroxyl groups is 1. The van der Waals surface area contributed by atoms with E-state index in [1.165, 1.54) is 11.0 Å². The number of primary amides is 1. The number of carbonyl (C=O) groups excluding carboxylic acids is 3. The highest BCUT2D eigenvalue weighted by Crippen LogP contribution is 2.53. The molecular weight excluding hydrogens is 533 g/mol. The molecule has 1 fully saturated rings. The van der Waals surface area contributed by atoms with Crippen molar-refractivity contribution < 1.29 is 39.2 Å². The van der Waals surface area contributed by atoms with Crippen LogP contribution in [0.15, 0.2) is 53.3 Å². The Morgan fingerprint density at radius 2 is 1.80 bits per heavy atom. The Bertz CT molecular complexity index is 1530. The predicted octanol–water partition coefficient (Wildman–Crippen LogP) is 2.40. The number of phenols is 1. The molecule has 1 saturated carbocycles. The number of ketones is 2. The van der Waals surface area contributed by atoms with E-state index in [0.29, 0.717) is 16.8 Å². The highest BCUT2D eigenvalue weighted by atomic mass is 19.1. The molecule has 1 amide bonds. The molecule has 3 aliphatic rings. The SMILES string of the molecule is CC(CF)Nc1ccc(-c2ccc(O)c3c2C[C@H]2C[C@H]4[C@H](N(C)C)C(=O)C(C(N)=O)=C(O)[C@@]4(O)C(=O)C2=C3O)cc1. The molecule has 2 aromatic carbocycles. The van der Waals surface area contributed by atoms with Gasteiger partial charge < -0.3 is 31.5 Å². The number of phenolic OH excluding ortho intramolecular Hbond substituents is 1. The molecule has 10 nitrogen and oxygen atoms in total. The number of hydrogen-bond donors (Lipinski definition) is 6. The van der Waals surface area contributed by atoms with Gasteiger partial charge in [-0.25, -0.2) is 4.39 Å². The maximum Gasteiger partial charge on any atom is 0.255 e. The van der Waals surface area contributed by atoms with Crippen LogP contribution in [-0.4, -0.2) is 81.3 Å². The number of benzene rings is 2. The fourth-order valence-electron chi connectivity index (χ4n) is 6.58. The molecule has 0 heterocycles. The number of fused-ring (bicyclic) bond motifs is 3. The Labute approximate surface area is 235 Å². The topological polar surface area (TPSA) is 173 Å². The third kappa shape index (κ3) is 4.18. The molecule has 2 aromatic rings. The number of halogens is 1. The molecule has 11 heteroatoms. The van der Waals surface area contributed by atoms with Crippen LogP contribution in [0.5, 0.6) is 5.75 Å². The van der Waals surface area contributed by atoms with Gasteiger partial charge >= 0.3 is 0 Å². The second kappa shape index (κ2) is 10.0. The summed E-state index contributed by atoms with van der Waals surface area (Å²) in [6.45, 7) is 1.18. The van der Waals surface area contributed by atoms with Crippen LogP contribution < -0.4 is 11.1 Å². The lowest BCUT2D eigenvalue weighted by molar-refractivity contribution is -0.153. The Morgan fingerprint density at radius 3 is 2.39 bits per heavy atom. The minimum absolute atomic E-state index is 0.00480. The summed E-state index contributed by atoms with van der Waals surface area (Å²) in [5.74, 6) is -6.92. The lowest BCUT2D eigenvalue weighted by atomic mass is 9.57. The number of anilines is 1. The van der Waals surface area contributed by atoms with E-state index in [-0.39, 0.29) is 35.8 Å². The van der Waals surface area contributed by atoms with Gasteiger partial charge in [0, 0.05) is 17.2 Å². The van der Waals surface area contributed by atoms with Crippen molar-refractivity contribution in [1.82, 2.24) is 4.90 Å². The van der Waals surface area contributed by atoms with Crippen LogP contribution in [0.25, 0.3) is 16.9 Å². The van der Waals surface area contributed by atoms with Crippen LogP contribution in [-0.2, 0) is 20.8 Å². The summed E-state index contributed by atoms with van der Waals surface area (Å²) in [6.07, 6.45) is 0.183. The lowest BCUT2D eigenvalue weighted by Gasteiger charge is -2.50. The number of likely N-dealkylation sites (N-methyl/N-ethyl adjacent to an activating group) is 1. The van der Waals surface area contributed by atoms with E-state index in [1.807, 2.05) is 12.1 Å². The molecule has 0 saturated heterocycles. The van der Waals surface area contributed by atoms with Crippen molar-refractivity contribution in [2.45, 2.75) is 37.5 Å². The summed E-state index contributed by atoms with van der Waals surface area (Å²) in [5, 5.41) is 47.9. The van der Waals surface area contributed by atoms with Crippen LogP contribution >= 0.6 is 0 Å². The molecule has 0 aromatic heterocycles. The largest absolute Gasteiger partial charge is 0.508 e. The summed E-state index contributed by atoms with van der Waals surface area (Å²) >= 11 is 0. The van der Waals surface area contributed by atoms with Gasteiger partial charge in [0.05, 0.1) is 17.6 Å². The fraction of sp³-hybridized carbons (Fsp3) is 0.367. The molecule has 0 aliphatic heterocycles. The van der Waals surface area contributed by atoms with Crippen LogP contribution in [0.3, 0.4) is 0 Å². The summed E-state index contributed by atoms with van der Waals surface area (Å²) in [7, 11) is 3.10. The van der Waals surface area contributed by atoms with Gasteiger partial charge in [0.1, 0.15) is 29.5 Å². The number of Topliss-reactive ketones (excluding diaryl/α,β-unsaturated/α-hetero) is 2. The summed E-state index contributed by atoms with van der Waals surface area (Å²) in [5.41, 5.74) is 4.35. The molecule has 0 spiro atoms. The van der Waals surface area contributed by atoms with Gasteiger partial charge in [-0.15, -0.1) is 0 Å². The first-order valence-corrected chi connectivity index (χ1v) is 13.2. The van der Waals surface area contributed by atoms with Gasteiger partial charge in [0.15, 0.2) is 11.4 Å². The lowest BCUT2D eigenvalue weighted by Crippen LogP contribution is -2.65. The molecule has 41 heavy (non-hydrogen) atoms. The molecule has 3 aliphatic carbocycles. The maximum absolute atomic E-state index is 13.9. The zero-order valence-corrected chi connectivity index (χ0v) is 22.8. The van der Waals surface area contributed by atoms with E-state index in [0.717, 1.165) is 5.56 Å². The molecule has 216 valence electrons. The molecule has 1 unspecified atom stereocenters. The second-order valence-electron chi connectivity index (χ2n) is 11.2. The van der Waals surface area contributed by atoms with E-state index >= 15 is 0 Å². The zero-order chi connectivity index (χ0) is 30.0. The van der Waals surface area contributed by atoms with Crippen LogP contribution in [0.2, 0.25) is 0 Å². The van der Waals surface area contributed by atoms with E-state index in [9.17, 15) is 39.2 Å². The number of rotatable bonds is 6. The van der Waals surface area contributed by atoms with Gasteiger partial charge in [0.2, 0.25) is 5.78 Å². The van der Waals surface area contributed by atoms with Crippen molar-refractivity contribution in [3.05, 3.63) is 64.4 Å². The third-order valence-corrected chi connectivity index (χ3v) is 8.44. The highest BCUT2D eigenvalue weighted by Gasteiger charge is 2.64. The van der Waals surface area contributed by atoms with E-state index in [1.54, 1.807) is 39.2 Å². The molecule has 0 bridgehead atoms. The van der Waals surface area contributed by atoms with Crippen molar-refractivity contribution >= 4 is 28.9 Å². The standard InChI is InChI=1S/C30H32FN3O7/c1-13(12-31)33-16-6-4-14(5-7-16)17-8-9-20(35)22-18(17)10-15-11-19-24(34(2)3)26(37)23(29(32)40)28(39)30(19,41)27(38)21(15)25(22)36/h4-9,13,15,19,24,33,35-36,39,41H,10-12H2,1-3H3,(H2,32,40)/t13?,15-,19-,24-,30-/m0/s1. The molecular formula is C30H32FN3O7. The monoisotopic (exact) mass is 565 g/mol. The minimum atomic E-state index is -2.68. The number of nitrogens with zero attached hydrogens (tertiary/aromatic N) is 1. The van der Waals surface area contributed by atoms with Crippen molar-refractivity contribution in [1.29, 1.82) is 0 Å². The average Bonchev–Trinajstić information content (AvgIpc) is 2.91. The van der Waals surface area contributed by atoms with Crippen molar-refractivity contribution in [2.75, 3.05) is 26.1 Å². The number of amides is 1. The first-order valence-electron chi connectivity index (χ1n) is 13.2. The second-order valence-corrected chi connectivity index (χ2v) is 11.2. The quantitative estimate of drug-likeness (QED) is 0.288. The number of nitrogens with two attached hydrogens (primary N) is 1. The van der Waals surface area contributed by atoms with Crippen molar-refractivity contribution in [2.24, 2.45) is 17.6 Å². The number of alkyl halides is 1. The summed E-state index contributed by atoms with van der Waals surface area (Å²) in [6, 6.07) is 8.77.